The summed E-state index contributed by atoms with van der Waals surface area (Å²) in [4.78, 5) is 28.7. The molecule has 3 rings (SSSR count). The summed E-state index contributed by atoms with van der Waals surface area (Å²) in [5, 5.41) is 9.63. The average Bonchev–Trinajstić information content (AvgIpc) is 3.14. The number of halogens is 3. The van der Waals surface area contributed by atoms with Gasteiger partial charge in [-0.05, 0) is 57.0 Å². The van der Waals surface area contributed by atoms with Gasteiger partial charge in [-0.15, -0.1) is 11.3 Å². The molecule has 0 aliphatic rings. The molecular formula is C24H22F3NO4S. The molecular weight excluding hydrogens is 455 g/mol. The molecule has 5 nitrogen and oxygen atoms in total. The summed E-state index contributed by atoms with van der Waals surface area (Å²) >= 11 is 1.16. The predicted molar refractivity (Wildman–Crippen MR) is 119 cm³/mol. The molecule has 174 valence electrons. The summed E-state index contributed by atoms with van der Waals surface area (Å²) in [6.07, 6.45) is -3.71. The first-order valence-electron chi connectivity index (χ1n) is 10.1. The molecule has 0 saturated carbocycles. The van der Waals surface area contributed by atoms with Crippen LogP contribution >= 0.6 is 11.3 Å². The van der Waals surface area contributed by atoms with Crippen LogP contribution in [-0.4, -0.2) is 27.4 Å². The van der Waals surface area contributed by atoms with E-state index in [-0.39, 0.29) is 12.2 Å². The number of aromatic nitrogens is 1. The van der Waals surface area contributed by atoms with Gasteiger partial charge in [0.15, 0.2) is 11.4 Å². The molecule has 0 atom stereocenters. The second-order valence-electron chi connectivity index (χ2n) is 7.99. The van der Waals surface area contributed by atoms with Crippen LogP contribution in [0.15, 0.2) is 48.5 Å². The van der Waals surface area contributed by atoms with Gasteiger partial charge in [0.05, 0.1) is 16.1 Å². The maximum absolute atomic E-state index is 12.8. The Hall–Kier alpha value is -3.20. The van der Waals surface area contributed by atoms with Crippen molar-refractivity contribution >= 4 is 23.1 Å². The highest BCUT2D eigenvalue weighted by molar-refractivity contribution is 7.17. The minimum atomic E-state index is -4.41. The predicted octanol–water partition coefficient (Wildman–Crippen LogP) is 6.19. The van der Waals surface area contributed by atoms with Crippen molar-refractivity contribution < 1.29 is 32.6 Å². The first-order chi connectivity index (χ1) is 15.4. The zero-order valence-electron chi connectivity index (χ0n) is 18.2. The van der Waals surface area contributed by atoms with Gasteiger partial charge in [0.25, 0.3) is 0 Å². The van der Waals surface area contributed by atoms with E-state index in [2.05, 4.69) is 4.98 Å². The molecule has 0 aliphatic carbocycles. The molecule has 0 radical (unpaired) electrons. The lowest BCUT2D eigenvalue weighted by molar-refractivity contribution is -0.152. The largest absolute Gasteiger partial charge is 0.478 e. The fourth-order valence-corrected chi connectivity index (χ4v) is 4.05. The highest BCUT2D eigenvalue weighted by Crippen LogP contribution is 2.33. The number of carbonyl (C=O) groups is 2. The van der Waals surface area contributed by atoms with Crippen LogP contribution in [-0.2, 0) is 17.4 Å². The highest BCUT2D eigenvalue weighted by Gasteiger charge is 2.30. The number of nitrogens with zero attached hydrogens (tertiary/aromatic N) is 1. The lowest BCUT2D eigenvalue weighted by Gasteiger charge is -2.21. The molecule has 0 amide bonds. The van der Waals surface area contributed by atoms with Crippen molar-refractivity contribution in [2.45, 2.75) is 45.4 Å². The lowest BCUT2D eigenvalue weighted by Crippen LogP contribution is -2.37. The number of alkyl halides is 3. The fourth-order valence-electron chi connectivity index (χ4n) is 3.01. The van der Waals surface area contributed by atoms with Crippen LogP contribution in [0.5, 0.6) is 5.75 Å². The Morgan fingerprint density at radius 3 is 2.18 bits per heavy atom. The van der Waals surface area contributed by atoms with Crippen LogP contribution in [0.4, 0.5) is 13.2 Å². The van der Waals surface area contributed by atoms with Crippen LogP contribution in [0.25, 0.3) is 10.6 Å². The molecule has 0 spiro atoms. The zero-order chi connectivity index (χ0) is 24.4. The lowest BCUT2D eigenvalue weighted by atomic mass is 10.1. The van der Waals surface area contributed by atoms with E-state index in [1.165, 1.54) is 26.0 Å². The van der Waals surface area contributed by atoms with Crippen LogP contribution in [0, 0.1) is 6.92 Å². The number of ketones is 1. The van der Waals surface area contributed by atoms with E-state index >= 15 is 0 Å². The molecule has 0 saturated heterocycles. The number of benzene rings is 2. The maximum atomic E-state index is 12.8. The summed E-state index contributed by atoms with van der Waals surface area (Å²) in [7, 11) is 0. The molecule has 1 heterocycles. The Morgan fingerprint density at radius 1 is 1.03 bits per heavy atom. The minimum Gasteiger partial charge on any atom is -0.478 e. The van der Waals surface area contributed by atoms with Gasteiger partial charge in [0.1, 0.15) is 10.8 Å². The zero-order valence-corrected chi connectivity index (χ0v) is 19.0. The third-order valence-electron chi connectivity index (χ3n) is 4.96. The van der Waals surface area contributed by atoms with Gasteiger partial charge in [-0.2, -0.15) is 13.2 Å². The Labute approximate surface area is 192 Å². The average molecular weight is 478 g/mol. The number of hydrogen-bond acceptors (Lipinski definition) is 5. The number of rotatable bonds is 8. The van der Waals surface area contributed by atoms with Gasteiger partial charge in [-0.3, -0.25) is 4.79 Å². The molecule has 0 bridgehead atoms. The number of carbonyl (C=O) groups excluding carboxylic acids is 1. The molecule has 0 unspecified atom stereocenters. The molecule has 1 aromatic heterocycles. The normalized spacial score (nSPS) is 11.9. The Balaban J connectivity index is 1.64. The van der Waals surface area contributed by atoms with E-state index in [1.54, 1.807) is 31.2 Å². The number of ether oxygens (including phenoxy) is 1. The molecule has 9 heteroatoms. The quantitative estimate of drug-likeness (QED) is 0.391. The second kappa shape index (κ2) is 9.35. The van der Waals surface area contributed by atoms with Crippen molar-refractivity contribution in [3.8, 4) is 16.3 Å². The van der Waals surface area contributed by atoms with Crippen molar-refractivity contribution in [3.05, 3.63) is 70.2 Å². The molecule has 0 aliphatic heterocycles. The van der Waals surface area contributed by atoms with Crippen LogP contribution < -0.4 is 4.74 Å². The van der Waals surface area contributed by atoms with E-state index in [4.69, 9.17) is 9.84 Å². The summed E-state index contributed by atoms with van der Waals surface area (Å²) in [6, 6.07) is 11.6. The number of thiazole rings is 1. The molecule has 1 N–H and O–H groups in total. The van der Waals surface area contributed by atoms with Crippen LogP contribution in [0.1, 0.15) is 46.8 Å². The standard InChI is InChI=1S/C24H22F3NO4S/c1-14-20(33-21(28-14)16-7-9-17(10-8-16)24(25,26)27)19(29)13-6-15-4-11-18(12-5-15)32-23(2,3)22(30)31/h4-5,7-12H,6,13H2,1-3H3,(H,30,31). The van der Waals surface area contributed by atoms with Gasteiger partial charge < -0.3 is 9.84 Å². The summed E-state index contributed by atoms with van der Waals surface area (Å²) < 4.78 is 43.7. The van der Waals surface area contributed by atoms with Gasteiger partial charge in [0.2, 0.25) is 0 Å². The Kier molecular flexibility index (Phi) is 6.92. The molecule has 33 heavy (non-hydrogen) atoms. The summed E-state index contributed by atoms with van der Waals surface area (Å²) in [5.74, 6) is -0.764. The van der Waals surface area contributed by atoms with Crippen molar-refractivity contribution in [3.63, 3.8) is 0 Å². The van der Waals surface area contributed by atoms with E-state index in [1.807, 2.05) is 0 Å². The molecule has 2 aromatic carbocycles. The van der Waals surface area contributed by atoms with Gasteiger partial charge in [0, 0.05) is 12.0 Å². The van der Waals surface area contributed by atoms with Crippen LogP contribution in [0.2, 0.25) is 0 Å². The number of carboxylic acids is 1. The Bertz CT molecular complexity index is 1150. The monoisotopic (exact) mass is 477 g/mol. The second-order valence-corrected chi connectivity index (χ2v) is 8.99. The topological polar surface area (TPSA) is 76.5 Å². The first-order valence-corrected chi connectivity index (χ1v) is 10.9. The number of aryl methyl sites for hydroxylation is 2. The third kappa shape index (κ3) is 5.98. The first kappa shape index (κ1) is 24.4. The number of Topliss-reactive ketones (excluding diaryl/α,β-unsaturated/α-hetero) is 1. The van der Waals surface area contributed by atoms with Crippen molar-refractivity contribution in [1.29, 1.82) is 0 Å². The molecule has 3 aromatic rings. The third-order valence-corrected chi connectivity index (χ3v) is 6.21. The maximum Gasteiger partial charge on any atom is 0.416 e. The highest BCUT2D eigenvalue weighted by atomic mass is 32.1. The smallest absolute Gasteiger partial charge is 0.416 e. The van der Waals surface area contributed by atoms with Gasteiger partial charge >= 0.3 is 12.1 Å². The number of aliphatic carboxylic acids is 1. The van der Waals surface area contributed by atoms with Gasteiger partial charge in [-0.1, -0.05) is 24.3 Å². The fraction of sp³-hybridized carbons (Fsp3) is 0.292. The van der Waals surface area contributed by atoms with E-state index in [0.717, 1.165) is 29.0 Å². The summed E-state index contributed by atoms with van der Waals surface area (Å²) in [5.41, 5.74) is -0.145. The van der Waals surface area contributed by atoms with Crippen molar-refractivity contribution in [1.82, 2.24) is 4.98 Å². The van der Waals surface area contributed by atoms with E-state index < -0.39 is 23.3 Å². The summed E-state index contributed by atoms with van der Waals surface area (Å²) in [6.45, 7) is 4.62. The van der Waals surface area contributed by atoms with E-state index in [9.17, 15) is 22.8 Å². The van der Waals surface area contributed by atoms with E-state index in [0.29, 0.717) is 33.3 Å². The number of carboxylic acid groups (broad SMARTS) is 1. The van der Waals surface area contributed by atoms with Gasteiger partial charge in [-0.25, -0.2) is 9.78 Å². The van der Waals surface area contributed by atoms with Crippen molar-refractivity contribution in [2.24, 2.45) is 0 Å². The Morgan fingerprint density at radius 2 is 1.64 bits per heavy atom. The SMILES string of the molecule is Cc1nc(-c2ccc(C(F)(F)F)cc2)sc1C(=O)CCc1ccc(OC(C)(C)C(=O)O)cc1. The van der Waals surface area contributed by atoms with Crippen LogP contribution in [0.3, 0.4) is 0 Å². The molecule has 0 fully saturated rings. The minimum absolute atomic E-state index is 0.101. The van der Waals surface area contributed by atoms with Crippen molar-refractivity contribution in [2.75, 3.05) is 0 Å². The number of hydrogen-bond donors (Lipinski definition) is 1.